The zero-order valence-electron chi connectivity index (χ0n) is 21.6. The van der Waals surface area contributed by atoms with Gasteiger partial charge in [0.2, 0.25) is 29.5 Å². The molecule has 0 spiro atoms. The number of nitrogens with two attached hydrogens (primary N) is 3. The Labute approximate surface area is 221 Å². The molecule has 0 aliphatic carbocycles. The number of carboxylic acid groups (broad SMARTS) is 1. The van der Waals surface area contributed by atoms with Crippen molar-refractivity contribution in [1.29, 1.82) is 0 Å². The molecule has 1 rings (SSSR count). The van der Waals surface area contributed by atoms with Crippen molar-refractivity contribution in [3.63, 3.8) is 0 Å². The van der Waals surface area contributed by atoms with Gasteiger partial charge in [-0.2, -0.15) is 0 Å². The molecule has 5 amide bonds. The van der Waals surface area contributed by atoms with Crippen LogP contribution in [0.4, 0.5) is 0 Å². The van der Waals surface area contributed by atoms with Crippen LogP contribution in [0.5, 0.6) is 0 Å². The summed E-state index contributed by atoms with van der Waals surface area (Å²) >= 11 is 0. The summed E-state index contributed by atoms with van der Waals surface area (Å²) in [5.41, 5.74) is 17.0. The highest BCUT2D eigenvalue weighted by Gasteiger charge is 2.31. The molecule has 0 aromatic heterocycles. The molecule has 38 heavy (non-hydrogen) atoms. The lowest BCUT2D eigenvalue weighted by molar-refractivity contribution is -0.142. The van der Waals surface area contributed by atoms with Gasteiger partial charge >= 0.3 is 5.97 Å². The summed E-state index contributed by atoms with van der Waals surface area (Å²) in [4.78, 5) is 73.0. The van der Waals surface area contributed by atoms with Gasteiger partial charge in [0.1, 0.15) is 18.1 Å². The third kappa shape index (κ3) is 11.4. The second-order valence-corrected chi connectivity index (χ2v) is 9.13. The van der Waals surface area contributed by atoms with Crippen LogP contribution >= 0.6 is 0 Å². The third-order valence-corrected chi connectivity index (χ3v) is 6.08. The maximum atomic E-state index is 13.2. The molecule has 1 aromatic rings. The molecular formula is C25H38N6O7. The van der Waals surface area contributed by atoms with Crippen molar-refractivity contribution in [2.75, 3.05) is 0 Å². The summed E-state index contributed by atoms with van der Waals surface area (Å²) in [7, 11) is 0. The summed E-state index contributed by atoms with van der Waals surface area (Å²) in [5.74, 6) is -5.20. The predicted molar refractivity (Wildman–Crippen MR) is 138 cm³/mol. The van der Waals surface area contributed by atoms with Crippen LogP contribution in [-0.4, -0.2) is 64.8 Å². The minimum absolute atomic E-state index is 0.0105. The molecule has 0 heterocycles. The zero-order chi connectivity index (χ0) is 28.8. The molecule has 10 N–H and O–H groups in total. The summed E-state index contributed by atoms with van der Waals surface area (Å²) in [5, 5.41) is 16.9. The van der Waals surface area contributed by atoms with Gasteiger partial charge in [-0.25, -0.2) is 4.79 Å². The standard InChI is InChI=1S/C25H38N6O7/c1-3-14(2)21(28)24(36)29-16(9-11-19(26)32)22(34)31-18(13-15-7-5-4-6-8-15)23(35)30-17(25(37)38)10-12-20(27)33/h4-8,14,16-18,21H,3,9-13,28H2,1-2H3,(H2,26,32)(H2,27,33)(H,29,36)(H,30,35)(H,31,34)(H,37,38). The lowest BCUT2D eigenvalue weighted by Crippen LogP contribution is -2.58. The summed E-state index contributed by atoms with van der Waals surface area (Å²) in [6.45, 7) is 3.63. The Bertz CT molecular complexity index is 988. The van der Waals surface area contributed by atoms with Gasteiger partial charge in [0.15, 0.2) is 0 Å². The van der Waals surface area contributed by atoms with Crippen molar-refractivity contribution in [3.05, 3.63) is 35.9 Å². The highest BCUT2D eigenvalue weighted by Crippen LogP contribution is 2.09. The number of nitrogens with one attached hydrogen (secondary N) is 3. The van der Waals surface area contributed by atoms with Crippen molar-refractivity contribution in [3.8, 4) is 0 Å². The molecule has 0 radical (unpaired) electrons. The van der Waals surface area contributed by atoms with E-state index in [1.165, 1.54) is 0 Å². The number of primary amides is 2. The Hall–Kier alpha value is -4.00. The first kappa shape index (κ1) is 32.0. The van der Waals surface area contributed by atoms with Crippen LogP contribution in [0, 0.1) is 5.92 Å². The van der Waals surface area contributed by atoms with E-state index in [2.05, 4.69) is 16.0 Å². The fraction of sp³-hybridized carbons (Fsp3) is 0.520. The van der Waals surface area contributed by atoms with E-state index in [9.17, 15) is 33.9 Å². The molecule has 0 fully saturated rings. The molecule has 5 unspecified atom stereocenters. The molecule has 0 saturated carbocycles. The molecule has 0 saturated heterocycles. The number of carboxylic acids is 1. The van der Waals surface area contributed by atoms with Crippen molar-refractivity contribution in [2.45, 2.75) is 76.5 Å². The van der Waals surface area contributed by atoms with Gasteiger partial charge in [-0.1, -0.05) is 50.6 Å². The van der Waals surface area contributed by atoms with E-state index in [1.807, 2.05) is 6.92 Å². The minimum Gasteiger partial charge on any atom is -0.480 e. The molecular weight excluding hydrogens is 496 g/mol. The largest absolute Gasteiger partial charge is 0.480 e. The molecule has 210 valence electrons. The van der Waals surface area contributed by atoms with Crippen molar-refractivity contribution in [2.24, 2.45) is 23.1 Å². The lowest BCUT2D eigenvalue weighted by Gasteiger charge is -2.26. The quantitative estimate of drug-likeness (QED) is 0.126. The Morgan fingerprint density at radius 1 is 0.789 bits per heavy atom. The zero-order valence-corrected chi connectivity index (χ0v) is 21.6. The Morgan fingerprint density at radius 3 is 1.76 bits per heavy atom. The number of aliphatic carboxylic acids is 1. The SMILES string of the molecule is CCC(C)C(N)C(=O)NC(CCC(N)=O)C(=O)NC(Cc1ccccc1)C(=O)NC(CCC(N)=O)C(=O)O. The van der Waals surface area contributed by atoms with Gasteiger partial charge in [-0.05, 0) is 24.3 Å². The molecule has 0 aliphatic rings. The fourth-order valence-electron chi connectivity index (χ4n) is 3.48. The highest BCUT2D eigenvalue weighted by molar-refractivity contribution is 5.94. The second-order valence-electron chi connectivity index (χ2n) is 9.13. The van der Waals surface area contributed by atoms with E-state index >= 15 is 0 Å². The van der Waals surface area contributed by atoms with E-state index in [0.717, 1.165) is 0 Å². The van der Waals surface area contributed by atoms with Gasteiger partial charge in [-0.3, -0.25) is 24.0 Å². The maximum Gasteiger partial charge on any atom is 0.326 e. The molecule has 0 bridgehead atoms. The number of benzene rings is 1. The Balaban J connectivity index is 3.16. The fourth-order valence-corrected chi connectivity index (χ4v) is 3.48. The van der Waals surface area contributed by atoms with E-state index in [-0.39, 0.29) is 38.0 Å². The third-order valence-electron chi connectivity index (χ3n) is 6.08. The number of carbonyl (C=O) groups excluding carboxylic acids is 5. The van der Waals surface area contributed by atoms with Crippen molar-refractivity contribution >= 4 is 35.5 Å². The maximum absolute atomic E-state index is 13.2. The van der Waals surface area contributed by atoms with Crippen LogP contribution in [-0.2, 0) is 35.2 Å². The number of carbonyl (C=O) groups is 6. The highest BCUT2D eigenvalue weighted by atomic mass is 16.4. The van der Waals surface area contributed by atoms with Gasteiger partial charge in [-0.15, -0.1) is 0 Å². The van der Waals surface area contributed by atoms with Crippen LogP contribution in [0.3, 0.4) is 0 Å². The average Bonchev–Trinajstić information content (AvgIpc) is 2.87. The summed E-state index contributed by atoms with van der Waals surface area (Å²) in [6, 6.07) is 3.82. The topological polar surface area (TPSA) is 237 Å². The average molecular weight is 535 g/mol. The molecule has 1 aromatic carbocycles. The molecule has 5 atom stereocenters. The van der Waals surface area contributed by atoms with Crippen LogP contribution in [0.2, 0.25) is 0 Å². The monoisotopic (exact) mass is 534 g/mol. The van der Waals surface area contributed by atoms with Crippen molar-refractivity contribution in [1.82, 2.24) is 16.0 Å². The van der Waals surface area contributed by atoms with Crippen LogP contribution in [0.1, 0.15) is 51.5 Å². The Kier molecular flexibility index (Phi) is 13.5. The first-order valence-electron chi connectivity index (χ1n) is 12.4. The number of hydrogen-bond acceptors (Lipinski definition) is 7. The van der Waals surface area contributed by atoms with Crippen molar-refractivity contribution < 1.29 is 33.9 Å². The second kappa shape index (κ2) is 16.0. The van der Waals surface area contributed by atoms with E-state index < -0.39 is 59.7 Å². The van der Waals surface area contributed by atoms with Gasteiger partial charge in [0.05, 0.1) is 6.04 Å². The Morgan fingerprint density at radius 2 is 1.26 bits per heavy atom. The smallest absolute Gasteiger partial charge is 0.326 e. The van der Waals surface area contributed by atoms with Gasteiger partial charge in [0, 0.05) is 19.3 Å². The molecule has 13 nitrogen and oxygen atoms in total. The van der Waals surface area contributed by atoms with Gasteiger partial charge < -0.3 is 38.3 Å². The first-order valence-corrected chi connectivity index (χ1v) is 12.4. The number of rotatable bonds is 17. The minimum atomic E-state index is -1.43. The van der Waals surface area contributed by atoms with Gasteiger partial charge in [0.25, 0.3) is 0 Å². The van der Waals surface area contributed by atoms with E-state index in [1.54, 1.807) is 37.3 Å². The predicted octanol–water partition coefficient (Wildman–Crippen LogP) is -1.33. The normalized spacial score (nSPS) is 14.7. The van der Waals surface area contributed by atoms with Crippen LogP contribution in [0.15, 0.2) is 30.3 Å². The van der Waals surface area contributed by atoms with E-state index in [0.29, 0.717) is 12.0 Å². The lowest BCUT2D eigenvalue weighted by atomic mass is 9.98. The molecule has 0 aliphatic heterocycles. The summed E-state index contributed by atoms with van der Waals surface area (Å²) < 4.78 is 0. The molecule has 13 heteroatoms. The first-order chi connectivity index (χ1) is 17.8. The summed E-state index contributed by atoms with van der Waals surface area (Å²) in [6.07, 6.45) is -0.273. The van der Waals surface area contributed by atoms with Crippen LogP contribution < -0.4 is 33.2 Å². The van der Waals surface area contributed by atoms with Crippen LogP contribution in [0.25, 0.3) is 0 Å². The number of amides is 5. The number of hydrogen-bond donors (Lipinski definition) is 7. The van der Waals surface area contributed by atoms with E-state index in [4.69, 9.17) is 17.2 Å².